The number of rotatable bonds is 6. The van der Waals surface area contributed by atoms with Crippen molar-refractivity contribution >= 4 is 34.4 Å². The van der Waals surface area contributed by atoms with Gasteiger partial charge in [0, 0.05) is 32.2 Å². The summed E-state index contributed by atoms with van der Waals surface area (Å²) in [6.45, 7) is 6.39. The minimum Gasteiger partial charge on any atom is -0.347 e. The number of amides is 1. The average molecular weight is 502 g/mol. The van der Waals surface area contributed by atoms with E-state index in [1.54, 1.807) is 25.2 Å². The van der Waals surface area contributed by atoms with E-state index >= 15 is 0 Å². The van der Waals surface area contributed by atoms with E-state index in [1.807, 2.05) is 37.2 Å². The number of fused-ring (bicyclic) bond motifs is 1. The van der Waals surface area contributed by atoms with Crippen LogP contribution in [0.15, 0.2) is 52.5 Å². The van der Waals surface area contributed by atoms with Gasteiger partial charge in [-0.25, -0.2) is 4.98 Å². The number of likely N-dealkylation sites (N-methyl/N-ethyl adjacent to an activating group) is 1. The first-order chi connectivity index (χ1) is 17.7. The standard InChI is InChI=1S/C28H35N7O2/c1-28(2,27(37)34(3)4)35-17-21(16-31-35)23-15-20-11-14-30-26(36)24(20)25(33-23)32-22-7-5-18(6-8-22)19-9-12-29-13-10-19/h5-8,11,14-16,19,21,29H,9-10,12-13,17H2,1-4H3,(H,30,36)(H,32,33). The van der Waals surface area contributed by atoms with Gasteiger partial charge in [0.2, 0.25) is 5.91 Å². The van der Waals surface area contributed by atoms with Crippen LogP contribution in [-0.2, 0) is 4.79 Å². The molecule has 9 heteroatoms. The Kier molecular flexibility index (Phi) is 6.72. The molecule has 1 saturated heterocycles. The molecule has 1 aromatic carbocycles. The molecule has 2 aliphatic heterocycles. The second kappa shape index (κ2) is 9.97. The lowest BCUT2D eigenvalue weighted by molar-refractivity contribution is -0.139. The third-order valence-corrected chi connectivity index (χ3v) is 7.47. The molecule has 0 spiro atoms. The van der Waals surface area contributed by atoms with Crippen molar-refractivity contribution in [3.63, 3.8) is 0 Å². The Morgan fingerprint density at radius 3 is 2.57 bits per heavy atom. The molecule has 1 amide bonds. The summed E-state index contributed by atoms with van der Waals surface area (Å²) in [5.41, 5.74) is 2.05. The number of hydrogen-bond donors (Lipinski definition) is 3. The number of H-pyrrole nitrogens is 1. The molecule has 4 heterocycles. The lowest BCUT2D eigenvalue weighted by atomic mass is 9.90. The summed E-state index contributed by atoms with van der Waals surface area (Å²) >= 11 is 0. The molecular formula is C28H35N7O2. The van der Waals surface area contributed by atoms with Gasteiger partial charge in [-0.1, -0.05) is 12.1 Å². The number of pyridine rings is 2. The lowest BCUT2D eigenvalue weighted by Gasteiger charge is -2.35. The number of benzene rings is 1. The topological polar surface area (TPSA) is 106 Å². The van der Waals surface area contributed by atoms with Crippen molar-refractivity contribution in [1.82, 2.24) is 25.2 Å². The number of piperidine rings is 1. The highest BCUT2D eigenvalue weighted by Gasteiger charge is 2.39. The van der Waals surface area contributed by atoms with Gasteiger partial charge in [-0.3, -0.25) is 14.6 Å². The first-order valence-corrected chi connectivity index (χ1v) is 12.9. The minimum absolute atomic E-state index is 0.0152. The third kappa shape index (κ3) is 4.96. The Balaban J connectivity index is 1.43. The van der Waals surface area contributed by atoms with Crippen LogP contribution in [0.2, 0.25) is 0 Å². The van der Waals surface area contributed by atoms with Gasteiger partial charge in [-0.15, -0.1) is 0 Å². The summed E-state index contributed by atoms with van der Waals surface area (Å²) in [4.78, 5) is 34.8. The summed E-state index contributed by atoms with van der Waals surface area (Å²) in [5, 5.41) is 14.5. The molecule has 0 aliphatic carbocycles. The quantitative estimate of drug-likeness (QED) is 0.478. The van der Waals surface area contributed by atoms with Gasteiger partial charge < -0.3 is 20.5 Å². The van der Waals surface area contributed by atoms with Gasteiger partial charge in [0.25, 0.3) is 5.56 Å². The Morgan fingerprint density at radius 1 is 1.14 bits per heavy atom. The lowest BCUT2D eigenvalue weighted by Crippen LogP contribution is -2.52. The predicted octanol–water partition coefficient (Wildman–Crippen LogP) is 3.39. The molecule has 1 fully saturated rings. The third-order valence-electron chi connectivity index (χ3n) is 7.47. The fourth-order valence-corrected chi connectivity index (χ4v) is 5.29. The molecule has 2 aromatic heterocycles. The largest absolute Gasteiger partial charge is 0.347 e. The highest BCUT2D eigenvalue weighted by Crippen LogP contribution is 2.31. The molecule has 194 valence electrons. The smallest absolute Gasteiger partial charge is 0.259 e. The number of carbonyl (C=O) groups is 1. The summed E-state index contributed by atoms with van der Waals surface area (Å²) in [7, 11) is 3.50. The van der Waals surface area contributed by atoms with Crippen LogP contribution < -0.4 is 16.2 Å². The Labute approximate surface area is 217 Å². The van der Waals surface area contributed by atoms with Gasteiger partial charge in [-0.05, 0) is 80.9 Å². The van der Waals surface area contributed by atoms with Crippen LogP contribution in [0.25, 0.3) is 10.8 Å². The molecule has 0 radical (unpaired) electrons. The molecule has 9 nitrogen and oxygen atoms in total. The van der Waals surface area contributed by atoms with Crippen molar-refractivity contribution in [3.05, 3.63) is 64.2 Å². The van der Waals surface area contributed by atoms with Gasteiger partial charge in [-0.2, -0.15) is 5.10 Å². The maximum Gasteiger partial charge on any atom is 0.259 e. The van der Waals surface area contributed by atoms with Crippen molar-refractivity contribution in [2.75, 3.05) is 39.0 Å². The predicted molar refractivity (Wildman–Crippen MR) is 148 cm³/mol. The van der Waals surface area contributed by atoms with E-state index < -0.39 is 5.54 Å². The van der Waals surface area contributed by atoms with Crippen LogP contribution in [0.1, 0.15) is 49.8 Å². The van der Waals surface area contributed by atoms with Crippen LogP contribution >= 0.6 is 0 Å². The summed E-state index contributed by atoms with van der Waals surface area (Å²) < 4.78 is 0. The van der Waals surface area contributed by atoms with Crippen molar-refractivity contribution in [2.24, 2.45) is 5.10 Å². The minimum atomic E-state index is -0.778. The second-order valence-corrected chi connectivity index (χ2v) is 10.6. The highest BCUT2D eigenvalue weighted by molar-refractivity contribution is 5.93. The van der Waals surface area contributed by atoms with E-state index in [-0.39, 0.29) is 17.4 Å². The normalized spacial score (nSPS) is 18.4. The molecule has 2 aliphatic rings. The Bertz CT molecular complexity index is 1370. The molecule has 0 bridgehead atoms. The second-order valence-electron chi connectivity index (χ2n) is 10.6. The zero-order valence-electron chi connectivity index (χ0n) is 21.9. The molecule has 1 unspecified atom stereocenters. The highest BCUT2D eigenvalue weighted by atomic mass is 16.2. The number of hydrazone groups is 1. The van der Waals surface area contributed by atoms with Crippen LogP contribution in [-0.4, -0.2) is 71.3 Å². The van der Waals surface area contributed by atoms with Crippen molar-refractivity contribution < 1.29 is 4.79 Å². The number of anilines is 2. The molecule has 0 saturated carbocycles. The number of aromatic amines is 1. The number of nitrogens with zero attached hydrogens (tertiary/aromatic N) is 4. The zero-order chi connectivity index (χ0) is 26.2. The Morgan fingerprint density at radius 2 is 1.86 bits per heavy atom. The van der Waals surface area contributed by atoms with E-state index in [4.69, 9.17) is 4.98 Å². The summed E-state index contributed by atoms with van der Waals surface area (Å²) in [6, 6.07) is 12.3. The number of hydrogen-bond acceptors (Lipinski definition) is 7. The van der Waals surface area contributed by atoms with E-state index in [0.29, 0.717) is 23.7 Å². The fraction of sp³-hybridized carbons (Fsp3) is 0.429. The monoisotopic (exact) mass is 501 g/mol. The summed E-state index contributed by atoms with van der Waals surface area (Å²) in [6.07, 6.45) is 5.78. The van der Waals surface area contributed by atoms with Gasteiger partial charge in [0.05, 0.1) is 23.5 Å². The fourth-order valence-electron chi connectivity index (χ4n) is 5.29. The van der Waals surface area contributed by atoms with E-state index in [9.17, 15) is 9.59 Å². The molecule has 37 heavy (non-hydrogen) atoms. The first kappa shape index (κ1) is 25.0. The van der Waals surface area contributed by atoms with Crippen molar-refractivity contribution in [3.8, 4) is 0 Å². The maximum atomic E-state index is 12.8. The molecule has 5 rings (SSSR count). The molecule has 3 N–H and O–H groups in total. The molecule has 1 atom stereocenters. The van der Waals surface area contributed by atoms with Crippen molar-refractivity contribution in [2.45, 2.75) is 44.1 Å². The number of carbonyl (C=O) groups excluding carboxylic acids is 1. The SMILES string of the molecule is CN(C)C(=O)C(C)(C)N1CC(c2cc3cc[nH]c(=O)c3c(Nc3ccc(C4CCNCC4)cc3)n2)C=N1. The van der Waals surface area contributed by atoms with Crippen LogP contribution in [0.3, 0.4) is 0 Å². The summed E-state index contributed by atoms with van der Waals surface area (Å²) in [5.74, 6) is 0.965. The maximum absolute atomic E-state index is 12.8. The molecular weight excluding hydrogens is 466 g/mol. The van der Waals surface area contributed by atoms with Crippen LogP contribution in [0.5, 0.6) is 0 Å². The van der Waals surface area contributed by atoms with Gasteiger partial charge >= 0.3 is 0 Å². The average Bonchev–Trinajstić information content (AvgIpc) is 3.40. The zero-order valence-corrected chi connectivity index (χ0v) is 21.9. The number of nitrogens with one attached hydrogen (secondary N) is 3. The van der Waals surface area contributed by atoms with E-state index in [2.05, 4.69) is 45.0 Å². The first-order valence-electron chi connectivity index (χ1n) is 12.9. The van der Waals surface area contributed by atoms with Crippen LogP contribution in [0.4, 0.5) is 11.5 Å². The van der Waals surface area contributed by atoms with Gasteiger partial charge in [0.1, 0.15) is 11.4 Å². The van der Waals surface area contributed by atoms with Crippen LogP contribution in [0, 0.1) is 0 Å². The Hall–Kier alpha value is -3.72. The van der Waals surface area contributed by atoms with E-state index in [1.165, 1.54) is 5.56 Å². The molecule has 3 aromatic rings. The van der Waals surface area contributed by atoms with Gasteiger partial charge in [0.15, 0.2) is 0 Å². The van der Waals surface area contributed by atoms with E-state index in [0.717, 1.165) is 42.7 Å². The van der Waals surface area contributed by atoms with Crippen molar-refractivity contribution in [1.29, 1.82) is 0 Å². The number of aromatic nitrogens is 2.